The maximum absolute atomic E-state index is 13.1. The zero-order chi connectivity index (χ0) is 14.1. The van der Waals surface area contributed by atoms with Gasteiger partial charge in [0, 0.05) is 11.8 Å². The summed E-state index contributed by atoms with van der Waals surface area (Å²) in [6.07, 6.45) is 3.42. The molecule has 0 saturated heterocycles. The third-order valence-corrected chi connectivity index (χ3v) is 2.79. The van der Waals surface area contributed by atoms with Gasteiger partial charge in [0.1, 0.15) is 5.65 Å². The fraction of sp³-hybridized carbons (Fsp3) is 0. The highest BCUT2D eigenvalue weighted by molar-refractivity contribution is 6.03. The summed E-state index contributed by atoms with van der Waals surface area (Å²) in [5.41, 5.74) is 0.703. The van der Waals surface area contributed by atoms with Gasteiger partial charge in [-0.3, -0.25) is 4.79 Å². The number of benzene rings is 1. The van der Waals surface area contributed by atoms with Crippen molar-refractivity contribution in [3.8, 4) is 0 Å². The lowest BCUT2D eigenvalue weighted by Gasteiger charge is -2.02. The number of carbonyl (C=O) groups is 1. The summed E-state index contributed by atoms with van der Waals surface area (Å²) < 4.78 is 27.6. The number of nitrogens with one attached hydrogen (secondary N) is 1. The van der Waals surface area contributed by atoms with E-state index in [1.807, 2.05) is 12.1 Å². The summed E-state index contributed by atoms with van der Waals surface area (Å²) >= 11 is 0. The molecule has 2 aromatic heterocycles. The molecule has 1 aromatic carbocycles. The van der Waals surface area contributed by atoms with Crippen LogP contribution in [0, 0.1) is 11.6 Å². The average Bonchev–Trinajstić information content (AvgIpc) is 2.83. The topological polar surface area (TPSA) is 46.4 Å². The first-order valence-corrected chi connectivity index (χ1v) is 5.83. The number of hydrogen-bond donors (Lipinski definition) is 1. The normalized spacial score (nSPS) is 10.7. The van der Waals surface area contributed by atoms with Crippen molar-refractivity contribution >= 4 is 17.4 Å². The number of amides is 1. The highest BCUT2D eigenvalue weighted by Gasteiger charge is 2.11. The average molecular weight is 273 g/mol. The van der Waals surface area contributed by atoms with E-state index in [0.29, 0.717) is 11.5 Å². The van der Waals surface area contributed by atoms with Crippen molar-refractivity contribution < 1.29 is 13.6 Å². The van der Waals surface area contributed by atoms with Gasteiger partial charge in [-0.25, -0.2) is 13.8 Å². The van der Waals surface area contributed by atoms with Gasteiger partial charge in [-0.05, 0) is 30.3 Å². The van der Waals surface area contributed by atoms with Gasteiger partial charge in [0.15, 0.2) is 17.5 Å². The number of halogens is 2. The van der Waals surface area contributed by atoms with Crippen LogP contribution in [0.4, 0.5) is 14.6 Å². The van der Waals surface area contributed by atoms with Crippen molar-refractivity contribution in [1.82, 2.24) is 9.38 Å². The molecule has 0 saturated carbocycles. The zero-order valence-corrected chi connectivity index (χ0v) is 10.2. The number of aromatic nitrogens is 2. The van der Waals surface area contributed by atoms with Crippen LogP contribution < -0.4 is 5.32 Å². The molecule has 0 spiro atoms. The SMILES string of the molecule is O=C(Nc1cn2ccccc2n1)c1ccc(F)c(F)c1. The maximum Gasteiger partial charge on any atom is 0.256 e. The largest absolute Gasteiger partial charge is 0.305 e. The molecule has 0 aliphatic carbocycles. The van der Waals surface area contributed by atoms with Gasteiger partial charge >= 0.3 is 0 Å². The van der Waals surface area contributed by atoms with Gasteiger partial charge in [-0.2, -0.15) is 0 Å². The third-order valence-electron chi connectivity index (χ3n) is 2.79. The molecule has 4 nitrogen and oxygen atoms in total. The fourth-order valence-corrected chi connectivity index (χ4v) is 1.82. The quantitative estimate of drug-likeness (QED) is 0.780. The molecule has 1 N–H and O–H groups in total. The smallest absolute Gasteiger partial charge is 0.256 e. The van der Waals surface area contributed by atoms with Crippen molar-refractivity contribution in [3.05, 3.63) is 66.0 Å². The van der Waals surface area contributed by atoms with Crippen molar-refractivity contribution in [1.29, 1.82) is 0 Å². The first-order chi connectivity index (χ1) is 9.63. The van der Waals surface area contributed by atoms with E-state index < -0.39 is 17.5 Å². The monoisotopic (exact) mass is 273 g/mol. The molecule has 0 fully saturated rings. The predicted molar refractivity (Wildman–Crippen MR) is 69.5 cm³/mol. The number of pyridine rings is 1. The van der Waals surface area contributed by atoms with Crippen LogP contribution in [0.15, 0.2) is 48.8 Å². The van der Waals surface area contributed by atoms with E-state index in [1.54, 1.807) is 22.9 Å². The minimum absolute atomic E-state index is 0.0287. The standard InChI is InChI=1S/C14H9F2N3O/c15-10-5-4-9(7-11(10)16)14(20)18-12-8-19-6-2-1-3-13(19)17-12/h1-8H,(H,18,20). The molecule has 2 heterocycles. The Kier molecular flexibility index (Phi) is 2.90. The van der Waals surface area contributed by atoms with Gasteiger partial charge in [-0.15, -0.1) is 0 Å². The minimum Gasteiger partial charge on any atom is -0.305 e. The van der Waals surface area contributed by atoms with Crippen LogP contribution in [-0.4, -0.2) is 15.3 Å². The molecule has 0 atom stereocenters. The number of anilines is 1. The van der Waals surface area contributed by atoms with Gasteiger partial charge < -0.3 is 9.72 Å². The fourth-order valence-electron chi connectivity index (χ4n) is 1.82. The molecule has 0 aliphatic rings. The molecule has 100 valence electrons. The zero-order valence-electron chi connectivity index (χ0n) is 10.2. The first-order valence-electron chi connectivity index (χ1n) is 5.83. The number of fused-ring (bicyclic) bond motifs is 1. The van der Waals surface area contributed by atoms with Crippen molar-refractivity contribution in [2.45, 2.75) is 0 Å². The summed E-state index contributed by atoms with van der Waals surface area (Å²) in [5, 5.41) is 2.53. The van der Waals surface area contributed by atoms with Gasteiger partial charge in [0.2, 0.25) is 0 Å². The molecule has 20 heavy (non-hydrogen) atoms. The molecule has 0 unspecified atom stereocenters. The Morgan fingerprint density at radius 1 is 1.15 bits per heavy atom. The lowest BCUT2D eigenvalue weighted by molar-refractivity contribution is 0.102. The second-order valence-electron chi connectivity index (χ2n) is 4.18. The van der Waals surface area contributed by atoms with Crippen molar-refractivity contribution in [2.75, 3.05) is 5.32 Å². The molecule has 3 rings (SSSR count). The summed E-state index contributed by atoms with van der Waals surface area (Å²) in [6.45, 7) is 0. The van der Waals surface area contributed by atoms with Crippen LogP contribution in [-0.2, 0) is 0 Å². The van der Waals surface area contributed by atoms with Gasteiger partial charge in [0.25, 0.3) is 5.91 Å². The second-order valence-corrected chi connectivity index (χ2v) is 4.18. The number of imidazole rings is 1. The van der Waals surface area contributed by atoms with E-state index in [-0.39, 0.29) is 5.56 Å². The second kappa shape index (κ2) is 4.73. The number of rotatable bonds is 2. The lowest BCUT2D eigenvalue weighted by Crippen LogP contribution is -2.12. The van der Waals surface area contributed by atoms with Crippen LogP contribution in [0.1, 0.15) is 10.4 Å². The summed E-state index contributed by atoms with van der Waals surface area (Å²) in [5.74, 6) is -2.26. The number of carbonyl (C=O) groups excluding carboxylic acids is 1. The van der Waals surface area contributed by atoms with E-state index in [4.69, 9.17) is 0 Å². The first kappa shape index (κ1) is 12.3. The molecule has 6 heteroatoms. The predicted octanol–water partition coefficient (Wildman–Crippen LogP) is 2.86. The van der Waals surface area contributed by atoms with E-state index in [1.165, 1.54) is 6.07 Å². The van der Waals surface area contributed by atoms with Gasteiger partial charge in [-0.1, -0.05) is 6.07 Å². The summed E-state index contributed by atoms with van der Waals surface area (Å²) in [6, 6.07) is 8.41. The molecule has 0 aliphatic heterocycles. The Bertz CT molecular complexity index is 765. The highest BCUT2D eigenvalue weighted by Crippen LogP contribution is 2.13. The molecule has 0 radical (unpaired) electrons. The highest BCUT2D eigenvalue weighted by atomic mass is 19.2. The van der Waals surface area contributed by atoms with Gasteiger partial charge in [0.05, 0.1) is 6.20 Å². The molecular weight excluding hydrogens is 264 g/mol. The number of nitrogens with zero attached hydrogens (tertiary/aromatic N) is 2. The Hall–Kier alpha value is -2.76. The maximum atomic E-state index is 13.1. The summed E-state index contributed by atoms with van der Waals surface area (Å²) in [4.78, 5) is 16.1. The van der Waals surface area contributed by atoms with Crippen LogP contribution in [0.2, 0.25) is 0 Å². The molecule has 3 aromatic rings. The number of hydrogen-bond acceptors (Lipinski definition) is 2. The van der Waals surface area contributed by atoms with Crippen LogP contribution in [0.3, 0.4) is 0 Å². The molecular formula is C14H9F2N3O. The third kappa shape index (κ3) is 2.23. The van der Waals surface area contributed by atoms with E-state index in [0.717, 1.165) is 12.1 Å². The van der Waals surface area contributed by atoms with Crippen molar-refractivity contribution in [2.24, 2.45) is 0 Å². The Balaban J connectivity index is 1.86. The van der Waals surface area contributed by atoms with Crippen molar-refractivity contribution in [3.63, 3.8) is 0 Å². The van der Waals surface area contributed by atoms with E-state index >= 15 is 0 Å². The Morgan fingerprint density at radius 2 is 2.00 bits per heavy atom. The van der Waals surface area contributed by atoms with Crippen LogP contribution in [0.5, 0.6) is 0 Å². The van der Waals surface area contributed by atoms with E-state index in [9.17, 15) is 13.6 Å². The Morgan fingerprint density at radius 3 is 2.75 bits per heavy atom. The Labute approximate surface area is 112 Å². The van der Waals surface area contributed by atoms with E-state index in [2.05, 4.69) is 10.3 Å². The molecule has 1 amide bonds. The lowest BCUT2D eigenvalue weighted by atomic mass is 10.2. The van der Waals surface area contributed by atoms with Crippen LogP contribution >= 0.6 is 0 Å². The summed E-state index contributed by atoms with van der Waals surface area (Å²) in [7, 11) is 0. The van der Waals surface area contributed by atoms with Crippen LogP contribution in [0.25, 0.3) is 5.65 Å². The molecule has 0 bridgehead atoms. The minimum atomic E-state index is -1.06.